The number of alkyl halides is 3. The molecule has 0 aliphatic rings. The van der Waals surface area contributed by atoms with E-state index in [1.807, 2.05) is 0 Å². The van der Waals surface area contributed by atoms with Crippen molar-refractivity contribution in [3.8, 4) is 0 Å². The van der Waals surface area contributed by atoms with Crippen LogP contribution < -0.4 is 0 Å². The normalized spacial score (nSPS) is 12.0. The van der Waals surface area contributed by atoms with E-state index in [4.69, 9.17) is 11.6 Å². The molecule has 0 amide bonds. The summed E-state index contributed by atoms with van der Waals surface area (Å²) in [7, 11) is -3.05. The van der Waals surface area contributed by atoms with Gasteiger partial charge in [-0.2, -0.15) is 8.78 Å². The van der Waals surface area contributed by atoms with Gasteiger partial charge in [-0.05, 0) is 17.7 Å². The van der Waals surface area contributed by atoms with Gasteiger partial charge >= 0.3 is 5.38 Å². The Balaban J connectivity index is 3.37. The van der Waals surface area contributed by atoms with Crippen LogP contribution in [0.3, 0.4) is 0 Å². The van der Waals surface area contributed by atoms with Crippen LogP contribution in [0.15, 0.2) is 29.2 Å². The first-order valence-electron chi connectivity index (χ1n) is 3.23. The van der Waals surface area contributed by atoms with Crippen LogP contribution in [0.25, 0.3) is 0 Å². The van der Waals surface area contributed by atoms with Gasteiger partial charge in [0.25, 0.3) is 0 Å². The van der Waals surface area contributed by atoms with Gasteiger partial charge in [0.2, 0.25) is 0 Å². The highest BCUT2D eigenvalue weighted by atomic mass is 35.5. The van der Waals surface area contributed by atoms with Crippen LogP contribution in [0.2, 0.25) is 0 Å². The molecular weight excluding hydrogens is 222 g/mol. The van der Waals surface area contributed by atoms with Gasteiger partial charge in [-0.15, -0.1) is 0 Å². The first kappa shape index (κ1) is 10.4. The summed E-state index contributed by atoms with van der Waals surface area (Å²) in [6.45, 7) is 0. The summed E-state index contributed by atoms with van der Waals surface area (Å²) in [5.74, 6) is 0. The van der Waals surface area contributed by atoms with Crippen molar-refractivity contribution >= 4 is 22.3 Å². The zero-order chi connectivity index (χ0) is 10.1. The lowest BCUT2D eigenvalue weighted by atomic mass is 10.2. The maximum Gasteiger partial charge on any atom is 0.349 e. The highest BCUT2D eigenvalue weighted by Gasteiger charge is 2.31. The van der Waals surface area contributed by atoms with Crippen LogP contribution in [0.4, 0.5) is 8.78 Å². The zero-order valence-corrected chi connectivity index (χ0v) is 7.86. The van der Waals surface area contributed by atoms with Crippen molar-refractivity contribution in [2.75, 3.05) is 0 Å². The molecule has 1 rings (SSSR count). The molecule has 0 fully saturated rings. The molecule has 1 aromatic carbocycles. The molecule has 0 radical (unpaired) electrons. The first-order valence-corrected chi connectivity index (χ1v) is 4.79. The Kier molecular flexibility index (Phi) is 2.87. The lowest BCUT2D eigenvalue weighted by Gasteiger charge is -2.09. The Morgan fingerprint density at radius 2 is 1.77 bits per heavy atom. The maximum atomic E-state index is 12.6. The van der Waals surface area contributed by atoms with Crippen LogP contribution in [-0.4, -0.2) is 8.42 Å². The molecule has 0 unspecified atom stereocenters. The molecule has 0 heterocycles. The van der Waals surface area contributed by atoms with Gasteiger partial charge in [0.1, 0.15) is 0 Å². The quantitative estimate of drug-likeness (QED) is 0.618. The van der Waals surface area contributed by atoms with Crippen LogP contribution in [0, 0.1) is 0 Å². The topological polar surface area (TPSA) is 34.1 Å². The average Bonchev–Trinajstić information content (AvgIpc) is 2.03. The van der Waals surface area contributed by atoms with Gasteiger partial charge in [-0.3, -0.25) is 0 Å². The third-order valence-electron chi connectivity index (χ3n) is 1.41. The highest BCUT2D eigenvalue weighted by molar-refractivity contribution is 7.72. The number of benzene rings is 1. The minimum absolute atomic E-state index is 0.447. The second kappa shape index (κ2) is 3.59. The fourth-order valence-corrected chi connectivity index (χ4v) is 1.72. The van der Waals surface area contributed by atoms with Gasteiger partial charge < -0.3 is 0 Å². The van der Waals surface area contributed by atoms with Crippen molar-refractivity contribution in [2.24, 2.45) is 0 Å². The minimum atomic E-state index is -3.65. The molecule has 72 valence electrons. The SMILES string of the molecule is O=[SH](=O)c1ccccc1C(F)(F)Cl. The second-order valence-corrected chi connectivity index (χ2v) is 3.74. The standard InChI is InChI=1S/C7H5ClF2O2S/c8-7(9,10)5-3-1-2-4-6(5)13(11)12/h1-4,13H. The molecule has 13 heavy (non-hydrogen) atoms. The number of thiol groups is 1. The largest absolute Gasteiger partial charge is 0.349 e. The zero-order valence-electron chi connectivity index (χ0n) is 6.21. The minimum Gasteiger partial charge on any atom is -0.227 e. The van der Waals surface area contributed by atoms with E-state index in [1.54, 1.807) is 0 Å². The predicted octanol–water partition coefficient (Wildman–Crippen LogP) is 1.95. The monoisotopic (exact) mass is 226 g/mol. The first-order chi connectivity index (χ1) is 5.93. The van der Waals surface area contributed by atoms with Crippen LogP contribution in [0.1, 0.15) is 5.56 Å². The molecule has 0 aliphatic carbocycles. The fraction of sp³-hybridized carbons (Fsp3) is 0.143. The van der Waals surface area contributed by atoms with Gasteiger partial charge in [0, 0.05) is 0 Å². The van der Waals surface area contributed by atoms with Crippen molar-refractivity contribution in [2.45, 2.75) is 10.3 Å². The maximum absolute atomic E-state index is 12.6. The van der Waals surface area contributed by atoms with E-state index in [0.29, 0.717) is 0 Å². The van der Waals surface area contributed by atoms with Crippen molar-refractivity contribution < 1.29 is 17.2 Å². The van der Waals surface area contributed by atoms with Crippen LogP contribution in [-0.2, 0) is 16.1 Å². The molecule has 0 N–H and O–H groups in total. The summed E-state index contributed by atoms with van der Waals surface area (Å²) in [4.78, 5) is -0.447. The molecule has 6 heteroatoms. The Labute approximate surface area is 80.1 Å². The van der Waals surface area contributed by atoms with Crippen molar-refractivity contribution in [1.29, 1.82) is 0 Å². The molecule has 0 saturated carbocycles. The third kappa shape index (κ3) is 2.38. The van der Waals surface area contributed by atoms with E-state index in [0.717, 1.165) is 12.1 Å². The second-order valence-electron chi connectivity index (χ2n) is 2.27. The van der Waals surface area contributed by atoms with Gasteiger partial charge in [0.15, 0.2) is 10.7 Å². The lowest BCUT2D eigenvalue weighted by molar-refractivity contribution is 0.0919. The molecule has 1 aromatic rings. The highest BCUT2D eigenvalue weighted by Crippen LogP contribution is 2.34. The van der Waals surface area contributed by atoms with Gasteiger partial charge in [-0.1, -0.05) is 18.2 Å². The molecule has 2 nitrogen and oxygen atoms in total. The summed E-state index contributed by atoms with van der Waals surface area (Å²) < 4.78 is 46.2. The van der Waals surface area contributed by atoms with Gasteiger partial charge in [0.05, 0.1) is 10.5 Å². The Morgan fingerprint density at radius 1 is 1.23 bits per heavy atom. The van der Waals surface area contributed by atoms with E-state index in [-0.39, 0.29) is 0 Å². The van der Waals surface area contributed by atoms with E-state index in [1.165, 1.54) is 12.1 Å². The fourth-order valence-electron chi connectivity index (χ4n) is 0.873. The average molecular weight is 227 g/mol. The third-order valence-corrected chi connectivity index (χ3v) is 2.39. The van der Waals surface area contributed by atoms with Crippen molar-refractivity contribution in [1.82, 2.24) is 0 Å². The summed E-state index contributed by atoms with van der Waals surface area (Å²) in [5, 5.41) is -3.65. The van der Waals surface area contributed by atoms with E-state index in [2.05, 4.69) is 0 Å². The predicted molar refractivity (Wildman–Crippen MR) is 44.8 cm³/mol. The van der Waals surface area contributed by atoms with Gasteiger partial charge in [-0.25, -0.2) is 8.42 Å². The number of hydrogen-bond acceptors (Lipinski definition) is 2. The van der Waals surface area contributed by atoms with E-state index >= 15 is 0 Å². The Hall–Kier alpha value is -0.680. The van der Waals surface area contributed by atoms with Crippen molar-refractivity contribution in [3.63, 3.8) is 0 Å². The number of hydrogen-bond donors (Lipinski definition) is 1. The molecular formula is C7H5ClF2O2S. The Morgan fingerprint density at radius 3 is 2.15 bits per heavy atom. The van der Waals surface area contributed by atoms with E-state index in [9.17, 15) is 17.2 Å². The molecule has 0 saturated heterocycles. The van der Waals surface area contributed by atoms with Crippen LogP contribution >= 0.6 is 11.6 Å². The number of rotatable bonds is 2. The lowest BCUT2D eigenvalue weighted by Crippen LogP contribution is -2.06. The molecule has 0 aliphatic heterocycles. The van der Waals surface area contributed by atoms with E-state index < -0.39 is 26.5 Å². The van der Waals surface area contributed by atoms with Crippen LogP contribution in [0.5, 0.6) is 0 Å². The molecule has 0 atom stereocenters. The summed E-state index contributed by atoms with van der Waals surface area (Å²) in [6.07, 6.45) is 0. The summed E-state index contributed by atoms with van der Waals surface area (Å²) >= 11 is 4.71. The molecule has 0 aromatic heterocycles. The summed E-state index contributed by atoms with van der Waals surface area (Å²) in [5.41, 5.74) is -0.687. The summed E-state index contributed by atoms with van der Waals surface area (Å²) in [6, 6.07) is 4.71. The Bertz CT molecular complexity index is 376. The smallest absolute Gasteiger partial charge is 0.227 e. The molecule has 0 spiro atoms. The number of halogens is 3. The van der Waals surface area contributed by atoms with Crippen molar-refractivity contribution in [3.05, 3.63) is 29.8 Å². The molecule has 0 bridgehead atoms.